The van der Waals surface area contributed by atoms with Crippen LogP contribution in [0.4, 0.5) is 10.1 Å². The van der Waals surface area contributed by atoms with E-state index in [1.54, 1.807) is 6.07 Å². The normalized spacial score (nSPS) is 11.8. The summed E-state index contributed by atoms with van der Waals surface area (Å²) in [7, 11) is -7.55. The van der Waals surface area contributed by atoms with E-state index in [0.29, 0.717) is 0 Å². The molecule has 0 atom stereocenters. The lowest BCUT2D eigenvalue weighted by atomic mass is 10.1. The second-order valence-electron chi connectivity index (χ2n) is 5.11. The highest BCUT2D eigenvalue weighted by atomic mass is 35.5. The van der Waals surface area contributed by atoms with E-state index in [1.165, 1.54) is 6.92 Å². The standard InChI is InChI=1S/C14H12ClFN4O4S2/c1-3-26(23,24)20-11-5-9(10(16)4-8(11)6-17)13-12(15)14(19-7-18-13)25(2,21)22/h4-5,7,20H,3H2,1-2H3. The number of nitriles is 1. The molecule has 138 valence electrons. The zero-order chi connectivity index (χ0) is 19.7. The van der Waals surface area contributed by atoms with E-state index in [4.69, 9.17) is 16.9 Å². The minimum Gasteiger partial charge on any atom is -0.282 e. The Kier molecular flexibility index (Phi) is 5.50. The van der Waals surface area contributed by atoms with Crippen LogP contribution in [0.5, 0.6) is 0 Å². The van der Waals surface area contributed by atoms with Gasteiger partial charge in [0.25, 0.3) is 0 Å². The molecule has 1 aromatic heterocycles. The van der Waals surface area contributed by atoms with Crippen LogP contribution in [0.15, 0.2) is 23.5 Å². The lowest BCUT2D eigenvalue weighted by Gasteiger charge is -2.12. The van der Waals surface area contributed by atoms with Gasteiger partial charge in [-0.25, -0.2) is 31.2 Å². The molecule has 8 nitrogen and oxygen atoms in total. The predicted molar refractivity (Wildman–Crippen MR) is 93.3 cm³/mol. The van der Waals surface area contributed by atoms with Crippen molar-refractivity contribution in [2.75, 3.05) is 16.7 Å². The molecule has 0 fully saturated rings. The summed E-state index contributed by atoms with van der Waals surface area (Å²) < 4.78 is 63.6. The second kappa shape index (κ2) is 7.14. The number of benzene rings is 1. The highest BCUT2D eigenvalue weighted by molar-refractivity contribution is 7.92. The van der Waals surface area contributed by atoms with Crippen molar-refractivity contribution in [3.63, 3.8) is 0 Å². The lowest BCUT2D eigenvalue weighted by molar-refractivity contribution is 0.597. The molecule has 0 aliphatic heterocycles. The van der Waals surface area contributed by atoms with Crippen molar-refractivity contribution in [1.82, 2.24) is 9.97 Å². The molecular weight excluding hydrogens is 407 g/mol. The number of sulfonamides is 1. The van der Waals surface area contributed by atoms with Crippen LogP contribution in [-0.2, 0) is 19.9 Å². The van der Waals surface area contributed by atoms with Crippen molar-refractivity contribution in [2.45, 2.75) is 11.9 Å². The zero-order valence-electron chi connectivity index (χ0n) is 13.5. The van der Waals surface area contributed by atoms with E-state index in [0.717, 1.165) is 24.7 Å². The second-order valence-corrected chi connectivity index (χ2v) is 9.43. The first kappa shape index (κ1) is 20.0. The molecular formula is C14H12ClFN4O4S2. The van der Waals surface area contributed by atoms with Gasteiger partial charge in [0.1, 0.15) is 23.2 Å². The summed E-state index contributed by atoms with van der Waals surface area (Å²) >= 11 is 6.01. The molecule has 1 aromatic carbocycles. The lowest BCUT2D eigenvalue weighted by Crippen LogP contribution is -2.15. The summed E-state index contributed by atoms with van der Waals surface area (Å²) in [6.07, 6.45) is 1.77. The Bertz CT molecular complexity index is 1130. The minimum atomic E-state index is -3.80. The summed E-state index contributed by atoms with van der Waals surface area (Å²) in [4.78, 5) is 7.37. The summed E-state index contributed by atoms with van der Waals surface area (Å²) in [5, 5.41) is 8.19. The first-order valence-electron chi connectivity index (χ1n) is 6.95. The fourth-order valence-corrected chi connectivity index (χ4v) is 3.90. The smallest absolute Gasteiger partial charge is 0.232 e. The summed E-state index contributed by atoms with van der Waals surface area (Å²) in [6, 6.07) is 3.52. The van der Waals surface area contributed by atoms with Crippen LogP contribution in [0.1, 0.15) is 12.5 Å². The van der Waals surface area contributed by atoms with Gasteiger partial charge in [0.05, 0.1) is 22.7 Å². The largest absolute Gasteiger partial charge is 0.282 e. The molecule has 0 aliphatic carbocycles. The van der Waals surface area contributed by atoms with Gasteiger partial charge in [0.2, 0.25) is 10.0 Å². The van der Waals surface area contributed by atoms with Crippen molar-refractivity contribution in [3.05, 3.63) is 34.9 Å². The van der Waals surface area contributed by atoms with E-state index in [-0.39, 0.29) is 28.3 Å². The molecule has 2 aromatic rings. The van der Waals surface area contributed by atoms with Gasteiger partial charge < -0.3 is 0 Å². The molecule has 0 aliphatic rings. The monoisotopic (exact) mass is 418 g/mol. The average molecular weight is 419 g/mol. The van der Waals surface area contributed by atoms with Crippen molar-refractivity contribution < 1.29 is 21.2 Å². The van der Waals surface area contributed by atoms with Gasteiger partial charge in [-0.05, 0) is 19.1 Å². The molecule has 0 saturated carbocycles. The molecule has 26 heavy (non-hydrogen) atoms. The summed E-state index contributed by atoms with van der Waals surface area (Å²) in [5.74, 6) is -1.20. The van der Waals surface area contributed by atoms with Gasteiger partial charge in [0, 0.05) is 11.8 Å². The third-order valence-electron chi connectivity index (χ3n) is 3.24. The quantitative estimate of drug-likeness (QED) is 0.734. The van der Waals surface area contributed by atoms with Crippen LogP contribution in [0.25, 0.3) is 11.3 Å². The first-order valence-corrected chi connectivity index (χ1v) is 10.9. The average Bonchev–Trinajstić information content (AvgIpc) is 2.55. The van der Waals surface area contributed by atoms with Gasteiger partial charge >= 0.3 is 0 Å². The minimum absolute atomic E-state index is 0.179. The fourth-order valence-electron chi connectivity index (χ4n) is 1.97. The third-order valence-corrected chi connectivity index (χ3v) is 6.01. The first-order chi connectivity index (χ1) is 12.0. The van der Waals surface area contributed by atoms with Crippen LogP contribution in [0.2, 0.25) is 5.02 Å². The van der Waals surface area contributed by atoms with Crippen molar-refractivity contribution >= 4 is 37.1 Å². The number of halogens is 2. The van der Waals surface area contributed by atoms with Crippen molar-refractivity contribution in [1.29, 1.82) is 5.26 Å². The SMILES string of the molecule is CCS(=O)(=O)Nc1cc(-c2ncnc(S(C)(=O)=O)c2Cl)c(F)cc1C#N. The number of sulfone groups is 1. The number of anilines is 1. The Morgan fingerprint density at radius 3 is 2.46 bits per heavy atom. The van der Waals surface area contributed by atoms with Crippen molar-refractivity contribution in [3.8, 4) is 17.3 Å². The highest BCUT2D eigenvalue weighted by Gasteiger charge is 2.22. The molecule has 1 N–H and O–H groups in total. The molecule has 0 saturated heterocycles. The number of rotatable bonds is 5. The predicted octanol–water partition coefficient (Wildman–Crippen LogP) is 1.97. The topological polar surface area (TPSA) is 130 Å². The third kappa shape index (κ3) is 4.09. The van der Waals surface area contributed by atoms with Gasteiger partial charge in [-0.1, -0.05) is 11.6 Å². The molecule has 0 spiro atoms. The van der Waals surface area contributed by atoms with E-state index >= 15 is 0 Å². The maximum atomic E-state index is 14.4. The van der Waals surface area contributed by atoms with E-state index in [2.05, 4.69) is 14.7 Å². The molecule has 12 heteroatoms. The molecule has 1 heterocycles. The summed E-state index contributed by atoms with van der Waals surface area (Å²) in [6.45, 7) is 1.39. The van der Waals surface area contributed by atoms with E-state index in [1.807, 2.05) is 0 Å². The van der Waals surface area contributed by atoms with Crippen LogP contribution < -0.4 is 4.72 Å². The Morgan fingerprint density at radius 2 is 1.92 bits per heavy atom. The Morgan fingerprint density at radius 1 is 1.27 bits per heavy atom. The fraction of sp³-hybridized carbons (Fsp3) is 0.214. The van der Waals surface area contributed by atoms with Gasteiger partial charge in [-0.2, -0.15) is 5.26 Å². The van der Waals surface area contributed by atoms with Crippen LogP contribution in [0, 0.1) is 17.1 Å². The number of aromatic nitrogens is 2. The van der Waals surface area contributed by atoms with Gasteiger partial charge in [-0.15, -0.1) is 0 Å². The molecule has 0 radical (unpaired) electrons. The number of hydrogen-bond donors (Lipinski definition) is 1. The number of nitrogens with one attached hydrogen (secondary N) is 1. The maximum absolute atomic E-state index is 14.4. The highest BCUT2D eigenvalue weighted by Crippen LogP contribution is 2.34. The van der Waals surface area contributed by atoms with E-state index < -0.39 is 35.7 Å². The molecule has 0 amide bonds. The van der Waals surface area contributed by atoms with Crippen LogP contribution in [0.3, 0.4) is 0 Å². The Hall–Kier alpha value is -2.29. The maximum Gasteiger partial charge on any atom is 0.232 e. The number of hydrogen-bond acceptors (Lipinski definition) is 7. The Labute approximate surface area is 154 Å². The Balaban J connectivity index is 2.75. The van der Waals surface area contributed by atoms with Crippen LogP contribution >= 0.6 is 11.6 Å². The van der Waals surface area contributed by atoms with Gasteiger partial charge in [0.15, 0.2) is 14.9 Å². The molecule has 0 unspecified atom stereocenters. The number of nitrogens with zero attached hydrogens (tertiary/aromatic N) is 3. The zero-order valence-corrected chi connectivity index (χ0v) is 15.9. The molecule has 0 bridgehead atoms. The van der Waals surface area contributed by atoms with E-state index in [9.17, 15) is 21.2 Å². The summed E-state index contributed by atoms with van der Waals surface area (Å²) in [5.41, 5.74) is -0.964. The van der Waals surface area contributed by atoms with Gasteiger partial charge in [-0.3, -0.25) is 4.72 Å². The molecule has 2 rings (SSSR count). The van der Waals surface area contributed by atoms with Crippen molar-refractivity contribution in [2.24, 2.45) is 0 Å². The van der Waals surface area contributed by atoms with Crippen LogP contribution in [-0.4, -0.2) is 38.8 Å².